The first-order chi connectivity index (χ1) is 16.4. The highest BCUT2D eigenvalue weighted by atomic mass is 32.2. The minimum atomic E-state index is -4.45. The van der Waals surface area contributed by atoms with Crippen molar-refractivity contribution in [2.45, 2.75) is 44.8 Å². The van der Waals surface area contributed by atoms with Crippen LogP contribution in [0.5, 0.6) is 5.75 Å². The molecule has 0 spiro atoms. The van der Waals surface area contributed by atoms with Crippen LogP contribution in [0.15, 0.2) is 39.7 Å². The topological polar surface area (TPSA) is 100 Å². The van der Waals surface area contributed by atoms with E-state index >= 15 is 0 Å². The molecule has 1 N–H and O–H groups in total. The van der Waals surface area contributed by atoms with Gasteiger partial charge in [0.2, 0.25) is 27.4 Å². The maximum atomic E-state index is 13.8. The number of fused-ring (bicyclic) bond motifs is 1. The summed E-state index contributed by atoms with van der Waals surface area (Å²) in [6.07, 6.45) is -3.53. The number of halogens is 3. The smallest absolute Gasteiger partial charge is 0.388 e. The van der Waals surface area contributed by atoms with Gasteiger partial charge in [-0.05, 0) is 35.4 Å². The number of aliphatic hydroxyl groups is 1. The maximum absolute atomic E-state index is 13.8. The molecular formula is C23H27F3N2O6S. The van der Waals surface area contributed by atoms with E-state index in [-0.39, 0.29) is 35.8 Å². The molecule has 0 saturated carbocycles. The predicted octanol–water partition coefficient (Wildman–Crippen LogP) is 2.80. The summed E-state index contributed by atoms with van der Waals surface area (Å²) in [4.78, 5) is 14.4. The third kappa shape index (κ3) is 6.24. The van der Waals surface area contributed by atoms with Gasteiger partial charge in [-0.15, -0.1) is 0 Å². The number of piperidine rings is 1. The lowest BCUT2D eigenvalue weighted by atomic mass is 9.99. The molecule has 2 aromatic rings. The van der Waals surface area contributed by atoms with E-state index in [1.54, 1.807) is 6.07 Å². The van der Waals surface area contributed by atoms with Crippen LogP contribution in [0.3, 0.4) is 0 Å². The van der Waals surface area contributed by atoms with E-state index in [9.17, 15) is 26.4 Å². The second-order valence-corrected chi connectivity index (χ2v) is 11.1. The zero-order chi connectivity index (χ0) is 25.4. The van der Waals surface area contributed by atoms with Gasteiger partial charge in [-0.3, -0.25) is 9.69 Å². The molecule has 0 radical (unpaired) electrons. The molecule has 4 rings (SSSR count). The Morgan fingerprint density at radius 3 is 2.51 bits per heavy atom. The van der Waals surface area contributed by atoms with Crippen LogP contribution in [0, 0.1) is 5.92 Å². The summed E-state index contributed by atoms with van der Waals surface area (Å²) < 4.78 is 75.4. The minimum Gasteiger partial charge on any atom is -0.486 e. The first-order valence-electron chi connectivity index (χ1n) is 11.2. The normalized spacial score (nSPS) is 19.0. The predicted molar refractivity (Wildman–Crippen MR) is 120 cm³/mol. The van der Waals surface area contributed by atoms with Gasteiger partial charge in [-0.1, -0.05) is 18.2 Å². The number of sulfonamides is 1. The average Bonchev–Trinajstić information content (AvgIpc) is 3.18. The Hall–Kier alpha value is -2.41. The molecule has 2 aliphatic heterocycles. The first kappa shape index (κ1) is 25.7. The summed E-state index contributed by atoms with van der Waals surface area (Å²) in [6, 6.07) is 5.43. The zero-order valence-electron chi connectivity index (χ0n) is 19.1. The SMILES string of the molecule is CS(=O)(=O)N1CCC(COc2coc(CN3Cc4ccc(C(F)C(O)(F)F)cc4C3)cc2=O)CC1. The van der Waals surface area contributed by atoms with Gasteiger partial charge in [0.1, 0.15) is 12.0 Å². The second-order valence-electron chi connectivity index (χ2n) is 9.11. The van der Waals surface area contributed by atoms with Crippen molar-refractivity contribution in [1.82, 2.24) is 9.21 Å². The van der Waals surface area contributed by atoms with Gasteiger partial charge < -0.3 is 14.3 Å². The Morgan fingerprint density at radius 1 is 1.20 bits per heavy atom. The lowest BCUT2D eigenvalue weighted by Crippen LogP contribution is -2.39. The van der Waals surface area contributed by atoms with Gasteiger partial charge in [0.15, 0.2) is 0 Å². The molecule has 0 aliphatic carbocycles. The lowest BCUT2D eigenvalue weighted by molar-refractivity contribution is -0.242. The van der Waals surface area contributed by atoms with Gasteiger partial charge in [0, 0.05) is 32.2 Å². The highest BCUT2D eigenvalue weighted by Crippen LogP contribution is 2.35. The molecule has 1 aromatic carbocycles. The van der Waals surface area contributed by atoms with Crippen LogP contribution < -0.4 is 10.2 Å². The third-order valence-electron chi connectivity index (χ3n) is 6.36. The largest absolute Gasteiger partial charge is 0.486 e. The van der Waals surface area contributed by atoms with E-state index in [1.807, 2.05) is 4.90 Å². The van der Waals surface area contributed by atoms with E-state index < -0.39 is 22.3 Å². The van der Waals surface area contributed by atoms with Crippen molar-refractivity contribution in [3.63, 3.8) is 0 Å². The Labute approximate surface area is 201 Å². The maximum Gasteiger partial charge on any atom is 0.388 e. The summed E-state index contributed by atoms with van der Waals surface area (Å²) >= 11 is 0. The van der Waals surface area contributed by atoms with Crippen molar-refractivity contribution < 1.29 is 35.8 Å². The van der Waals surface area contributed by atoms with Gasteiger partial charge >= 0.3 is 6.11 Å². The molecule has 0 amide bonds. The molecule has 1 aromatic heterocycles. The Bertz CT molecular complexity index is 1220. The van der Waals surface area contributed by atoms with Crippen molar-refractivity contribution in [2.75, 3.05) is 26.0 Å². The molecule has 35 heavy (non-hydrogen) atoms. The van der Waals surface area contributed by atoms with Crippen LogP contribution in [0.4, 0.5) is 13.2 Å². The lowest BCUT2D eigenvalue weighted by Gasteiger charge is -2.29. The van der Waals surface area contributed by atoms with Crippen molar-refractivity contribution in [3.05, 3.63) is 63.2 Å². The summed E-state index contributed by atoms with van der Waals surface area (Å²) in [5.41, 5.74) is 0.863. The first-order valence-corrected chi connectivity index (χ1v) is 13.0. The van der Waals surface area contributed by atoms with E-state index in [2.05, 4.69) is 0 Å². The summed E-state index contributed by atoms with van der Waals surface area (Å²) in [5.74, 6) is 0.601. The molecule has 3 heterocycles. The van der Waals surface area contributed by atoms with E-state index in [1.165, 1.54) is 35.0 Å². The number of alkyl halides is 3. The summed E-state index contributed by atoms with van der Waals surface area (Å²) in [7, 11) is -3.20. The van der Waals surface area contributed by atoms with E-state index in [0.717, 1.165) is 5.56 Å². The molecule has 2 aliphatic rings. The standard InChI is InChI=1S/C23H27F3N2O6S/c1-35(31,32)28-6-4-15(5-7-28)13-34-21-14-33-19(9-20(21)29)12-27-10-17-3-2-16(8-18(17)11-27)22(24)23(25,26)30/h2-3,8-9,14-15,22,30H,4-7,10-13H2,1H3. The molecule has 1 saturated heterocycles. The Morgan fingerprint density at radius 2 is 1.89 bits per heavy atom. The molecule has 1 atom stereocenters. The number of benzene rings is 1. The van der Waals surface area contributed by atoms with Crippen LogP contribution in [0.2, 0.25) is 0 Å². The molecule has 1 unspecified atom stereocenters. The zero-order valence-corrected chi connectivity index (χ0v) is 19.9. The Balaban J connectivity index is 1.31. The quantitative estimate of drug-likeness (QED) is 0.576. The van der Waals surface area contributed by atoms with Gasteiger partial charge in [-0.2, -0.15) is 8.78 Å². The second kappa shape index (κ2) is 9.92. The highest BCUT2D eigenvalue weighted by molar-refractivity contribution is 7.88. The van der Waals surface area contributed by atoms with Crippen LogP contribution in [0.25, 0.3) is 0 Å². The number of hydrogen-bond donors (Lipinski definition) is 1. The van der Waals surface area contributed by atoms with Crippen molar-refractivity contribution in [2.24, 2.45) is 5.92 Å². The molecule has 12 heteroatoms. The number of hydrogen-bond acceptors (Lipinski definition) is 7. The van der Waals surface area contributed by atoms with Gasteiger partial charge in [0.25, 0.3) is 0 Å². The fraction of sp³-hybridized carbons (Fsp3) is 0.522. The molecular weight excluding hydrogens is 489 g/mol. The average molecular weight is 517 g/mol. The number of nitrogens with zero attached hydrogens (tertiary/aromatic N) is 2. The van der Waals surface area contributed by atoms with E-state index in [4.69, 9.17) is 14.3 Å². The van der Waals surface area contributed by atoms with Gasteiger partial charge in [0.05, 0.1) is 19.4 Å². The van der Waals surface area contributed by atoms with Crippen molar-refractivity contribution in [3.8, 4) is 5.75 Å². The summed E-state index contributed by atoms with van der Waals surface area (Å²) in [6.45, 7) is 2.23. The van der Waals surface area contributed by atoms with Crippen LogP contribution >= 0.6 is 0 Å². The highest BCUT2D eigenvalue weighted by Gasteiger charge is 2.39. The van der Waals surface area contributed by atoms with Crippen LogP contribution in [-0.4, -0.2) is 54.8 Å². The monoisotopic (exact) mass is 516 g/mol. The van der Waals surface area contributed by atoms with Crippen LogP contribution in [-0.2, 0) is 29.7 Å². The fourth-order valence-corrected chi connectivity index (χ4v) is 5.29. The molecule has 1 fully saturated rings. The number of rotatable bonds is 8. The van der Waals surface area contributed by atoms with Crippen LogP contribution in [0.1, 0.15) is 41.5 Å². The van der Waals surface area contributed by atoms with Gasteiger partial charge in [-0.25, -0.2) is 17.1 Å². The van der Waals surface area contributed by atoms with Crippen molar-refractivity contribution in [1.29, 1.82) is 0 Å². The minimum absolute atomic E-state index is 0.0764. The third-order valence-corrected chi connectivity index (χ3v) is 7.67. The number of ether oxygens (including phenoxy) is 1. The Kier molecular flexibility index (Phi) is 7.28. The fourth-order valence-electron chi connectivity index (χ4n) is 4.42. The molecule has 8 nitrogen and oxygen atoms in total. The molecule has 0 bridgehead atoms. The molecule has 192 valence electrons. The van der Waals surface area contributed by atoms with Crippen molar-refractivity contribution >= 4 is 10.0 Å². The summed E-state index contributed by atoms with van der Waals surface area (Å²) in [5, 5.41) is 8.64. The van der Waals surface area contributed by atoms with E-state index in [0.29, 0.717) is 50.3 Å².